The van der Waals surface area contributed by atoms with Crippen LogP contribution in [-0.2, 0) is 6.42 Å². The molecule has 0 aliphatic heterocycles. The average Bonchev–Trinajstić information content (AvgIpc) is 2.59. The minimum Gasteiger partial charge on any atom is -0.340 e. The number of benzene rings is 1. The lowest BCUT2D eigenvalue weighted by atomic mass is 9.99. The minimum absolute atomic E-state index is 0.295. The van der Waals surface area contributed by atoms with Crippen LogP contribution in [0.4, 0.5) is 10.5 Å². The topological polar surface area (TPSA) is 101 Å². The number of hydrogen-bond acceptors (Lipinski definition) is 4. The van der Waals surface area contributed by atoms with Gasteiger partial charge in [0.2, 0.25) is 0 Å². The van der Waals surface area contributed by atoms with Crippen LogP contribution >= 0.6 is 0 Å². The van der Waals surface area contributed by atoms with Crippen molar-refractivity contribution in [2.24, 2.45) is 0 Å². The van der Waals surface area contributed by atoms with Crippen molar-refractivity contribution < 1.29 is 4.79 Å². The molecule has 1 rings (SSSR count). The predicted octanol–water partition coefficient (Wildman–Crippen LogP) is 3.20. The van der Waals surface area contributed by atoms with Crippen LogP contribution < -0.4 is 16.2 Å². The highest BCUT2D eigenvalue weighted by molar-refractivity contribution is 5.75. The third-order valence-corrected chi connectivity index (χ3v) is 3.57. The predicted molar refractivity (Wildman–Crippen MR) is 89.5 cm³/mol. The Labute approximate surface area is 137 Å². The summed E-state index contributed by atoms with van der Waals surface area (Å²) in [7, 11) is 1.52. The molecule has 0 bridgehead atoms. The van der Waals surface area contributed by atoms with Crippen molar-refractivity contribution in [2.45, 2.75) is 45.4 Å². The van der Waals surface area contributed by atoms with E-state index in [1.165, 1.54) is 26.3 Å². The Hall–Kier alpha value is -2.73. The first-order chi connectivity index (χ1) is 11.2. The van der Waals surface area contributed by atoms with Gasteiger partial charge in [0.05, 0.1) is 16.8 Å². The Balaban J connectivity index is 2.88. The van der Waals surface area contributed by atoms with Gasteiger partial charge in [0, 0.05) is 7.05 Å². The average molecular weight is 313 g/mol. The van der Waals surface area contributed by atoms with Gasteiger partial charge in [-0.1, -0.05) is 32.6 Å². The smallest absolute Gasteiger partial charge is 0.333 e. The van der Waals surface area contributed by atoms with Gasteiger partial charge in [0.1, 0.15) is 12.1 Å². The Morgan fingerprint density at radius 2 is 1.74 bits per heavy atom. The molecular weight excluding hydrogens is 290 g/mol. The molecule has 6 nitrogen and oxygen atoms in total. The third kappa shape index (κ3) is 5.88. The zero-order valence-electron chi connectivity index (χ0n) is 13.7. The summed E-state index contributed by atoms with van der Waals surface area (Å²) < 4.78 is 0. The van der Waals surface area contributed by atoms with Crippen molar-refractivity contribution in [2.75, 3.05) is 12.5 Å². The van der Waals surface area contributed by atoms with E-state index < -0.39 is 0 Å². The van der Waals surface area contributed by atoms with E-state index in [0.717, 1.165) is 24.8 Å². The van der Waals surface area contributed by atoms with E-state index >= 15 is 0 Å². The van der Waals surface area contributed by atoms with Crippen molar-refractivity contribution in [1.29, 1.82) is 10.5 Å². The first kappa shape index (κ1) is 18.3. The summed E-state index contributed by atoms with van der Waals surface area (Å²) in [5.74, 6) is 0. The van der Waals surface area contributed by atoms with Crippen LogP contribution in [0, 0.1) is 22.7 Å². The molecule has 2 amide bonds. The molecule has 0 atom stereocenters. The summed E-state index contributed by atoms with van der Waals surface area (Å²) in [5, 5.41) is 20.7. The van der Waals surface area contributed by atoms with Crippen molar-refractivity contribution in [3.8, 4) is 12.1 Å². The van der Waals surface area contributed by atoms with Crippen LogP contribution in [-0.4, -0.2) is 13.1 Å². The second-order valence-electron chi connectivity index (χ2n) is 5.27. The van der Waals surface area contributed by atoms with Gasteiger partial charge in [0.15, 0.2) is 0 Å². The summed E-state index contributed by atoms with van der Waals surface area (Å²) in [6, 6.07) is 7.02. The summed E-state index contributed by atoms with van der Waals surface area (Å²) in [5.41, 5.74) is 7.55. The van der Waals surface area contributed by atoms with E-state index in [1.807, 2.05) is 6.07 Å². The number of anilines is 1. The lowest BCUT2D eigenvalue weighted by Gasteiger charge is -2.14. The van der Waals surface area contributed by atoms with Gasteiger partial charge in [-0.15, -0.1) is 0 Å². The summed E-state index contributed by atoms with van der Waals surface area (Å²) >= 11 is 0. The number of hydrazine groups is 1. The first-order valence-corrected chi connectivity index (χ1v) is 7.87. The Bertz CT molecular complexity index is 613. The molecule has 0 unspecified atom stereocenters. The van der Waals surface area contributed by atoms with Crippen LogP contribution in [0.25, 0.3) is 0 Å². The molecule has 0 aliphatic rings. The van der Waals surface area contributed by atoms with Gasteiger partial charge in [-0.05, 0) is 30.5 Å². The van der Waals surface area contributed by atoms with Gasteiger partial charge in [0.25, 0.3) is 0 Å². The van der Waals surface area contributed by atoms with Crippen molar-refractivity contribution >= 4 is 11.7 Å². The highest BCUT2D eigenvalue weighted by Crippen LogP contribution is 2.23. The fourth-order valence-electron chi connectivity index (χ4n) is 2.26. The number of carbonyl (C=O) groups is 1. The summed E-state index contributed by atoms with van der Waals surface area (Å²) in [6.45, 7) is 2.17. The molecule has 122 valence electrons. The number of hydrogen-bond donors (Lipinski definition) is 3. The van der Waals surface area contributed by atoms with Crippen molar-refractivity contribution in [1.82, 2.24) is 10.7 Å². The number of amides is 2. The molecular formula is C17H23N5O. The zero-order chi connectivity index (χ0) is 17.1. The van der Waals surface area contributed by atoms with E-state index in [-0.39, 0.29) is 6.03 Å². The van der Waals surface area contributed by atoms with E-state index in [4.69, 9.17) is 10.5 Å². The fraction of sp³-hybridized carbons (Fsp3) is 0.471. The molecule has 0 aliphatic carbocycles. The second-order valence-corrected chi connectivity index (χ2v) is 5.27. The highest BCUT2D eigenvalue weighted by atomic mass is 16.2. The quantitative estimate of drug-likeness (QED) is 0.506. The van der Waals surface area contributed by atoms with Gasteiger partial charge >= 0.3 is 6.03 Å². The number of nitrogens with zero attached hydrogens (tertiary/aromatic N) is 2. The minimum atomic E-state index is -0.373. The lowest BCUT2D eigenvalue weighted by molar-refractivity contribution is 0.245. The maximum atomic E-state index is 11.3. The summed E-state index contributed by atoms with van der Waals surface area (Å²) in [4.78, 5) is 11.3. The highest BCUT2D eigenvalue weighted by Gasteiger charge is 2.10. The number of carbonyl (C=O) groups excluding carboxylic acids is 1. The van der Waals surface area contributed by atoms with Crippen molar-refractivity contribution in [3.63, 3.8) is 0 Å². The van der Waals surface area contributed by atoms with E-state index in [0.29, 0.717) is 16.8 Å². The zero-order valence-corrected chi connectivity index (χ0v) is 13.7. The van der Waals surface area contributed by atoms with Crippen LogP contribution in [0.2, 0.25) is 0 Å². The molecule has 0 heterocycles. The lowest BCUT2D eigenvalue weighted by Crippen LogP contribution is -2.37. The molecule has 3 N–H and O–H groups in total. The number of unbranched alkanes of at least 4 members (excludes halogenated alkanes) is 4. The molecule has 0 fully saturated rings. The fourth-order valence-corrected chi connectivity index (χ4v) is 2.26. The normalized spacial score (nSPS) is 9.57. The molecule has 0 saturated carbocycles. The van der Waals surface area contributed by atoms with Crippen molar-refractivity contribution in [3.05, 3.63) is 28.8 Å². The van der Waals surface area contributed by atoms with Gasteiger partial charge < -0.3 is 5.32 Å². The SMILES string of the molecule is CCCCCCCc1cc(C#N)c(C#N)cc1NNC(=O)NC. The van der Waals surface area contributed by atoms with Gasteiger partial charge in [-0.3, -0.25) is 10.9 Å². The Morgan fingerprint density at radius 3 is 2.35 bits per heavy atom. The molecule has 1 aromatic rings. The number of rotatable bonds is 8. The monoisotopic (exact) mass is 313 g/mol. The first-order valence-electron chi connectivity index (χ1n) is 7.87. The Kier molecular flexibility index (Phi) is 8.02. The van der Waals surface area contributed by atoms with E-state index in [1.54, 1.807) is 12.1 Å². The molecule has 6 heteroatoms. The molecule has 0 aromatic heterocycles. The van der Waals surface area contributed by atoms with Crippen LogP contribution in [0.15, 0.2) is 12.1 Å². The van der Waals surface area contributed by atoms with Crippen LogP contribution in [0.5, 0.6) is 0 Å². The Morgan fingerprint density at radius 1 is 1.09 bits per heavy atom. The van der Waals surface area contributed by atoms with Gasteiger partial charge in [-0.25, -0.2) is 4.79 Å². The maximum Gasteiger partial charge on any atom is 0.333 e. The largest absolute Gasteiger partial charge is 0.340 e. The standard InChI is InChI=1S/C17H23N5O/c1-3-4-5-6-7-8-13-9-14(11-18)15(12-19)10-16(13)21-22-17(23)20-2/h9-10,21H,3-8H2,1-2H3,(H2,20,22,23). The van der Waals surface area contributed by atoms with E-state index in [9.17, 15) is 4.79 Å². The van der Waals surface area contributed by atoms with E-state index in [2.05, 4.69) is 29.2 Å². The van der Waals surface area contributed by atoms with Gasteiger partial charge in [-0.2, -0.15) is 10.5 Å². The molecule has 0 saturated heterocycles. The second kappa shape index (κ2) is 10.1. The number of nitriles is 2. The number of nitrogens with one attached hydrogen (secondary N) is 3. The van der Waals surface area contributed by atoms with Crippen LogP contribution in [0.3, 0.4) is 0 Å². The maximum absolute atomic E-state index is 11.3. The molecule has 23 heavy (non-hydrogen) atoms. The molecule has 0 spiro atoms. The number of urea groups is 1. The molecule has 0 radical (unpaired) electrons. The van der Waals surface area contributed by atoms with Crippen LogP contribution in [0.1, 0.15) is 55.7 Å². The third-order valence-electron chi connectivity index (χ3n) is 3.57. The summed E-state index contributed by atoms with van der Waals surface area (Å²) in [6.07, 6.45) is 6.53. The molecule has 1 aromatic carbocycles. The number of aryl methyl sites for hydroxylation is 1.